The lowest BCUT2D eigenvalue weighted by Crippen LogP contribution is -2.61. The number of ether oxygens (including phenoxy) is 4. The Labute approximate surface area is 416 Å². The molecule has 2 amide bonds. The summed E-state index contributed by atoms with van der Waals surface area (Å²) >= 11 is 2.20. The summed E-state index contributed by atoms with van der Waals surface area (Å²) in [5.41, 5.74) is 0. The van der Waals surface area contributed by atoms with E-state index < -0.39 is 23.9 Å². The standard InChI is InChI=1S/C50H88N4O12S2/c1-5-9-13-17-35-63-43(55)25-29-53(30-26-44(56)64-36-18-14-10-6-2)33-39-67-47(59)23-21-41-49(61)52-42(50(62)51-41)22-24-48(60)68-40-34-54(31-27-45(57)65-37-19-15-11-7-3)32-28-46(58)66-38-20-16-12-8-4/h41-42H,5-40H2,1-4H3,(H,51,62)(H,52,61). The van der Waals surface area contributed by atoms with Crippen molar-refractivity contribution in [3.05, 3.63) is 0 Å². The van der Waals surface area contributed by atoms with Crippen molar-refractivity contribution in [3.63, 3.8) is 0 Å². The molecule has 1 rings (SSSR count). The highest BCUT2D eigenvalue weighted by Gasteiger charge is 2.34. The molecule has 1 fully saturated rings. The van der Waals surface area contributed by atoms with Crippen LogP contribution in [0.2, 0.25) is 0 Å². The first-order valence-electron chi connectivity index (χ1n) is 25.9. The zero-order chi connectivity index (χ0) is 50.0. The second kappa shape index (κ2) is 42.6. The molecule has 68 heavy (non-hydrogen) atoms. The molecule has 2 atom stereocenters. The summed E-state index contributed by atoms with van der Waals surface area (Å²) in [6.45, 7) is 12.4. The van der Waals surface area contributed by atoms with E-state index in [4.69, 9.17) is 18.9 Å². The van der Waals surface area contributed by atoms with E-state index in [1.807, 2.05) is 9.80 Å². The van der Waals surface area contributed by atoms with Gasteiger partial charge in [0.15, 0.2) is 10.2 Å². The minimum absolute atomic E-state index is 0.0506. The number of nitrogens with one attached hydrogen (secondary N) is 2. The summed E-state index contributed by atoms with van der Waals surface area (Å²) in [6.07, 6.45) is 17.1. The van der Waals surface area contributed by atoms with Crippen LogP contribution in [0.5, 0.6) is 0 Å². The maximum absolute atomic E-state index is 13.0. The highest BCUT2D eigenvalue weighted by molar-refractivity contribution is 8.13. The zero-order valence-electron chi connectivity index (χ0n) is 42.2. The van der Waals surface area contributed by atoms with Gasteiger partial charge in [-0.15, -0.1) is 0 Å². The molecule has 2 N–H and O–H groups in total. The molecule has 1 aliphatic heterocycles. The first kappa shape index (κ1) is 62.8. The van der Waals surface area contributed by atoms with Gasteiger partial charge in [0.2, 0.25) is 11.8 Å². The molecular formula is C50H88N4O12S2. The normalized spacial score (nSPS) is 14.7. The van der Waals surface area contributed by atoms with E-state index in [0.717, 1.165) is 126 Å². The van der Waals surface area contributed by atoms with E-state index in [-0.39, 0.29) is 85.5 Å². The Hall–Kier alpha value is -3.22. The number of esters is 4. The van der Waals surface area contributed by atoms with Crippen molar-refractivity contribution < 1.29 is 57.3 Å². The monoisotopic (exact) mass is 1000 g/mol. The van der Waals surface area contributed by atoms with Crippen LogP contribution in [0.1, 0.15) is 182 Å². The Balaban J connectivity index is 2.54. The second-order valence-electron chi connectivity index (χ2n) is 17.4. The van der Waals surface area contributed by atoms with Gasteiger partial charge in [-0.1, -0.05) is 128 Å². The van der Waals surface area contributed by atoms with Gasteiger partial charge in [-0.05, 0) is 38.5 Å². The van der Waals surface area contributed by atoms with E-state index in [2.05, 4.69) is 38.3 Å². The third kappa shape index (κ3) is 35.0. The van der Waals surface area contributed by atoms with Gasteiger partial charge < -0.3 is 39.4 Å². The first-order valence-corrected chi connectivity index (χ1v) is 27.9. The zero-order valence-corrected chi connectivity index (χ0v) is 43.9. The Bertz CT molecular complexity index is 1280. The molecule has 0 aromatic carbocycles. The predicted octanol–water partition coefficient (Wildman–Crippen LogP) is 7.71. The fraction of sp³-hybridized carbons (Fsp3) is 0.840. The number of carbonyl (C=O) groups is 8. The summed E-state index contributed by atoms with van der Waals surface area (Å²) in [6, 6.07) is -1.76. The molecule has 18 heteroatoms. The quantitative estimate of drug-likeness (QED) is 0.0341. The number of hydrogen-bond donors (Lipinski definition) is 2. The van der Waals surface area contributed by atoms with Gasteiger partial charge in [-0.3, -0.25) is 38.4 Å². The lowest BCUT2D eigenvalue weighted by atomic mass is 10.0. The number of nitrogens with zero attached hydrogens (tertiary/aromatic N) is 2. The Morgan fingerprint density at radius 3 is 0.956 bits per heavy atom. The van der Waals surface area contributed by atoms with E-state index in [1.54, 1.807) is 0 Å². The molecule has 392 valence electrons. The van der Waals surface area contributed by atoms with Gasteiger partial charge in [0.05, 0.1) is 52.1 Å². The average Bonchev–Trinajstić information content (AvgIpc) is 3.32. The van der Waals surface area contributed by atoms with Crippen LogP contribution >= 0.6 is 23.5 Å². The van der Waals surface area contributed by atoms with Crippen LogP contribution in [-0.2, 0) is 57.3 Å². The maximum Gasteiger partial charge on any atom is 0.307 e. The van der Waals surface area contributed by atoms with Gasteiger partial charge >= 0.3 is 23.9 Å². The van der Waals surface area contributed by atoms with Gasteiger partial charge in [0.25, 0.3) is 0 Å². The van der Waals surface area contributed by atoms with E-state index in [0.29, 0.717) is 77.2 Å². The Morgan fingerprint density at radius 2 is 0.691 bits per heavy atom. The number of thioether (sulfide) groups is 2. The maximum atomic E-state index is 13.0. The third-order valence-corrected chi connectivity index (χ3v) is 13.3. The van der Waals surface area contributed by atoms with Crippen molar-refractivity contribution in [2.24, 2.45) is 0 Å². The van der Waals surface area contributed by atoms with Crippen LogP contribution in [0.4, 0.5) is 0 Å². The van der Waals surface area contributed by atoms with Gasteiger partial charge in [0.1, 0.15) is 12.1 Å². The first-order chi connectivity index (χ1) is 32.9. The number of rotatable bonds is 44. The molecular weight excluding hydrogens is 913 g/mol. The molecule has 1 saturated heterocycles. The summed E-state index contributed by atoms with van der Waals surface area (Å²) in [7, 11) is 0. The molecule has 0 bridgehead atoms. The van der Waals surface area contributed by atoms with Gasteiger partial charge in [-0.25, -0.2) is 0 Å². The van der Waals surface area contributed by atoms with Crippen LogP contribution in [0, 0.1) is 0 Å². The smallest absolute Gasteiger partial charge is 0.307 e. The molecule has 1 aliphatic rings. The Kier molecular flexibility index (Phi) is 39.4. The van der Waals surface area contributed by atoms with Crippen molar-refractivity contribution in [3.8, 4) is 0 Å². The Morgan fingerprint density at radius 1 is 0.412 bits per heavy atom. The number of hydrogen-bond acceptors (Lipinski definition) is 16. The molecule has 0 aromatic heterocycles. The summed E-state index contributed by atoms with van der Waals surface area (Å²) in [5.74, 6) is -1.20. The SMILES string of the molecule is CCCCCCOC(=O)CCN(CCSC(=O)CCC1NC(=O)C(CCC(=O)SCCN(CCC(=O)OCCCCCC)CCC(=O)OCCCCCC)NC1=O)CCC(=O)OCCCCCC. The molecule has 0 spiro atoms. The highest BCUT2D eigenvalue weighted by Crippen LogP contribution is 2.16. The minimum atomic E-state index is -0.881. The van der Waals surface area contributed by atoms with E-state index in [9.17, 15) is 38.4 Å². The second-order valence-corrected chi connectivity index (χ2v) is 19.8. The lowest BCUT2D eigenvalue weighted by Gasteiger charge is -2.29. The third-order valence-electron chi connectivity index (χ3n) is 11.5. The molecule has 16 nitrogen and oxygen atoms in total. The topological polar surface area (TPSA) is 204 Å². The van der Waals surface area contributed by atoms with Crippen LogP contribution in [-0.4, -0.2) is 145 Å². The number of unbranched alkanes of at least 4 members (excludes halogenated alkanes) is 12. The van der Waals surface area contributed by atoms with Crippen molar-refractivity contribution in [2.75, 3.05) is 77.2 Å². The minimum Gasteiger partial charge on any atom is -0.466 e. The fourth-order valence-electron chi connectivity index (χ4n) is 7.14. The van der Waals surface area contributed by atoms with Crippen molar-refractivity contribution in [1.82, 2.24) is 20.4 Å². The number of piperazine rings is 1. The van der Waals surface area contributed by atoms with Crippen LogP contribution < -0.4 is 10.6 Å². The van der Waals surface area contributed by atoms with Crippen molar-refractivity contribution >= 4 is 69.4 Å². The fourth-order valence-corrected chi connectivity index (χ4v) is 8.82. The van der Waals surface area contributed by atoms with E-state index in [1.165, 1.54) is 0 Å². The summed E-state index contributed by atoms with van der Waals surface area (Å²) < 4.78 is 21.5. The highest BCUT2D eigenvalue weighted by atomic mass is 32.2. The molecule has 2 unspecified atom stereocenters. The number of carbonyl (C=O) groups excluding carboxylic acids is 8. The van der Waals surface area contributed by atoms with Crippen LogP contribution in [0.15, 0.2) is 0 Å². The molecule has 0 saturated carbocycles. The lowest BCUT2D eigenvalue weighted by molar-refractivity contribution is -0.146. The average molecular weight is 1000 g/mol. The van der Waals surface area contributed by atoms with E-state index >= 15 is 0 Å². The molecule has 0 radical (unpaired) electrons. The summed E-state index contributed by atoms with van der Waals surface area (Å²) in [4.78, 5) is 105. The van der Waals surface area contributed by atoms with Gasteiger partial charge in [-0.2, -0.15) is 0 Å². The van der Waals surface area contributed by atoms with Crippen molar-refractivity contribution in [1.29, 1.82) is 0 Å². The van der Waals surface area contributed by atoms with Gasteiger partial charge in [0, 0.05) is 63.6 Å². The largest absolute Gasteiger partial charge is 0.466 e. The molecule has 0 aliphatic carbocycles. The summed E-state index contributed by atoms with van der Waals surface area (Å²) in [5, 5.41) is 5.13. The van der Waals surface area contributed by atoms with Crippen LogP contribution in [0.3, 0.4) is 0 Å². The van der Waals surface area contributed by atoms with Crippen LogP contribution in [0.25, 0.3) is 0 Å². The van der Waals surface area contributed by atoms with Crippen molar-refractivity contribution in [2.45, 2.75) is 194 Å². The number of amides is 2. The molecule has 0 aromatic rings. The predicted molar refractivity (Wildman–Crippen MR) is 269 cm³/mol. The molecule has 1 heterocycles.